The number of rotatable bonds is 6. The second-order valence-electron chi connectivity index (χ2n) is 4.44. The zero-order valence-electron chi connectivity index (χ0n) is 10.8. The average Bonchev–Trinajstić information content (AvgIpc) is 2.83. The third kappa shape index (κ3) is 4.50. The summed E-state index contributed by atoms with van der Waals surface area (Å²) >= 11 is 0. The smallest absolute Gasteiger partial charge is 0.148 e. The van der Waals surface area contributed by atoms with Gasteiger partial charge in [0.05, 0.1) is 17.6 Å². The molecule has 102 valence electrons. The van der Waals surface area contributed by atoms with Crippen LogP contribution >= 0.6 is 0 Å². The maximum Gasteiger partial charge on any atom is 0.148 e. The Labute approximate surface area is 113 Å². The summed E-state index contributed by atoms with van der Waals surface area (Å²) in [5.41, 5.74) is 2.03. The van der Waals surface area contributed by atoms with Gasteiger partial charge in [0.2, 0.25) is 0 Å². The molecule has 0 unspecified atom stereocenters. The van der Waals surface area contributed by atoms with Crippen LogP contribution in [0.4, 0.5) is 0 Å². The van der Waals surface area contributed by atoms with E-state index in [1.807, 2.05) is 36.5 Å². The van der Waals surface area contributed by atoms with Gasteiger partial charge in [-0.3, -0.25) is 0 Å². The molecule has 2 aromatic rings. The third-order valence-corrected chi connectivity index (χ3v) is 3.58. The highest BCUT2D eigenvalue weighted by Crippen LogP contribution is 2.07. The molecule has 0 aliphatic heterocycles. The van der Waals surface area contributed by atoms with Gasteiger partial charge in [-0.15, -0.1) is 0 Å². The first kappa shape index (κ1) is 13.8. The van der Waals surface area contributed by atoms with Crippen LogP contribution in [0.3, 0.4) is 0 Å². The lowest BCUT2D eigenvalue weighted by molar-refractivity contribution is 0.596. The van der Waals surface area contributed by atoms with Crippen LogP contribution < -0.4 is 5.32 Å². The Morgan fingerprint density at radius 3 is 2.68 bits per heavy atom. The fourth-order valence-electron chi connectivity index (χ4n) is 1.66. The van der Waals surface area contributed by atoms with E-state index < -0.39 is 9.84 Å². The van der Waals surface area contributed by atoms with Crippen LogP contribution in [-0.4, -0.2) is 36.8 Å². The highest BCUT2D eigenvalue weighted by molar-refractivity contribution is 7.90. The average molecular weight is 279 g/mol. The standard InChI is InChI=1S/C13H17N3O2S/c1-19(17,18)8-7-14-9-12-10-15-16(11-12)13-5-3-2-4-6-13/h2-6,10-11,14H,7-9H2,1H3. The molecule has 0 saturated heterocycles. The van der Waals surface area contributed by atoms with Gasteiger partial charge >= 0.3 is 0 Å². The van der Waals surface area contributed by atoms with Crippen LogP contribution in [0.15, 0.2) is 42.7 Å². The zero-order valence-corrected chi connectivity index (χ0v) is 11.6. The minimum atomic E-state index is -2.90. The highest BCUT2D eigenvalue weighted by atomic mass is 32.2. The molecule has 0 atom stereocenters. The number of sulfone groups is 1. The van der Waals surface area contributed by atoms with Gasteiger partial charge < -0.3 is 5.32 Å². The molecule has 0 amide bonds. The van der Waals surface area contributed by atoms with E-state index in [0.29, 0.717) is 13.1 Å². The number of hydrogen-bond acceptors (Lipinski definition) is 4. The Balaban J connectivity index is 1.88. The number of para-hydroxylation sites is 1. The van der Waals surface area contributed by atoms with E-state index in [-0.39, 0.29) is 5.75 Å². The summed E-state index contributed by atoms with van der Waals surface area (Å²) in [7, 11) is -2.90. The lowest BCUT2D eigenvalue weighted by Crippen LogP contribution is -2.21. The van der Waals surface area contributed by atoms with Gasteiger partial charge in [-0.05, 0) is 12.1 Å². The van der Waals surface area contributed by atoms with Crippen LogP contribution in [0, 0.1) is 0 Å². The van der Waals surface area contributed by atoms with Crippen molar-refractivity contribution < 1.29 is 8.42 Å². The van der Waals surface area contributed by atoms with Gasteiger partial charge in [0, 0.05) is 31.1 Å². The molecule has 0 spiro atoms. The minimum Gasteiger partial charge on any atom is -0.312 e. The molecule has 0 saturated carbocycles. The van der Waals surface area contributed by atoms with Gasteiger partial charge in [0.25, 0.3) is 0 Å². The minimum absolute atomic E-state index is 0.153. The molecule has 0 aliphatic carbocycles. The lowest BCUT2D eigenvalue weighted by atomic mass is 10.3. The molecule has 1 heterocycles. The van der Waals surface area contributed by atoms with Crippen molar-refractivity contribution in [2.75, 3.05) is 18.6 Å². The van der Waals surface area contributed by atoms with E-state index in [2.05, 4.69) is 10.4 Å². The number of hydrogen-bond donors (Lipinski definition) is 1. The summed E-state index contributed by atoms with van der Waals surface area (Å²) in [6.45, 7) is 1.07. The molecule has 1 aromatic carbocycles. The van der Waals surface area contributed by atoms with Crippen LogP contribution in [0.5, 0.6) is 0 Å². The maximum absolute atomic E-state index is 11.0. The molecule has 0 fully saturated rings. The maximum atomic E-state index is 11.0. The van der Waals surface area contributed by atoms with Gasteiger partial charge in [0.15, 0.2) is 0 Å². The molecular formula is C13H17N3O2S. The lowest BCUT2D eigenvalue weighted by Gasteiger charge is -2.01. The molecule has 5 nitrogen and oxygen atoms in total. The molecule has 0 radical (unpaired) electrons. The van der Waals surface area contributed by atoms with Gasteiger partial charge in [-0.1, -0.05) is 18.2 Å². The van der Waals surface area contributed by atoms with E-state index in [9.17, 15) is 8.42 Å². The summed E-state index contributed by atoms with van der Waals surface area (Å²) in [6, 6.07) is 9.84. The van der Waals surface area contributed by atoms with Crippen molar-refractivity contribution in [2.45, 2.75) is 6.54 Å². The highest BCUT2D eigenvalue weighted by Gasteiger charge is 2.03. The SMILES string of the molecule is CS(=O)(=O)CCNCc1cnn(-c2ccccc2)c1. The van der Waals surface area contributed by atoms with Crippen LogP contribution in [0.2, 0.25) is 0 Å². The van der Waals surface area contributed by atoms with Crippen LogP contribution in [-0.2, 0) is 16.4 Å². The predicted molar refractivity (Wildman–Crippen MR) is 75.0 cm³/mol. The first-order valence-corrected chi connectivity index (χ1v) is 8.08. The van der Waals surface area contributed by atoms with Crippen molar-refractivity contribution in [1.29, 1.82) is 0 Å². The Hall–Kier alpha value is -1.66. The molecule has 2 rings (SSSR count). The van der Waals surface area contributed by atoms with Crippen LogP contribution in [0.25, 0.3) is 5.69 Å². The molecule has 6 heteroatoms. The van der Waals surface area contributed by atoms with Gasteiger partial charge in [-0.25, -0.2) is 13.1 Å². The predicted octanol–water partition coefficient (Wildman–Crippen LogP) is 1.01. The Bertz CT molecular complexity index is 620. The number of benzene rings is 1. The van der Waals surface area contributed by atoms with E-state index in [0.717, 1.165) is 11.3 Å². The van der Waals surface area contributed by atoms with Crippen molar-refractivity contribution in [3.63, 3.8) is 0 Å². The molecular weight excluding hydrogens is 262 g/mol. The zero-order chi connectivity index (χ0) is 13.7. The second kappa shape index (κ2) is 5.99. The largest absolute Gasteiger partial charge is 0.312 e. The number of nitrogens with one attached hydrogen (secondary N) is 1. The van der Waals surface area contributed by atoms with E-state index in [1.54, 1.807) is 10.9 Å². The number of aromatic nitrogens is 2. The molecule has 1 N–H and O–H groups in total. The Morgan fingerprint density at radius 1 is 1.26 bits per heavy atom. The Morgan fingerprint density at radius 2 is 2.00 bits per heavy atom. The Kier molecular flexibility index (Phi) is 4.34. The topological polar surface area (TPSA) is 64.0 Å². The summed E-state index contributed by atoms with van der Waals surface area (Å²) in [4.78, 5) is 0. The first-order valence-electron chi connectivity index (χ1n) is 6.02. The van der Waals surface area contributed by atoms with Crippen molar-refractivity contribution >= 4 is 9.84 Å². The van der Waals surface area contributed by atoms with Crippen LogP contribution in [0.1, 0.15) is 5.56 Å². The van der Waals surface area contributed by atoms with E-state index in [4.69, 9.17) is 0 Å². The summed E-state index contributed by atoms with van der Waals surface area (Å²) in [5, 5.41) is 7.36. The van der Waals surface area contributed by atoms with Crippen molar-refractivity contribution in [3.8, 4) is 5.69 Å². The summed E-state index contributed by atoms with van der Waals surface area (Å²) in [6.07, 6.45) is 4.95. The van der Waals surface area contributed by atoms with Gasteiger partial charge in [-0.2, -0.15) is 5.10 Å². The van der Waals surface area contributed by atoms with Gasteiger partial charge in [0.1, 0.15) is 9.84 Å². The van der Waals surface area contributed by atoms with Crippen molar-refractivity contribution in [3.05, 3.63) is 48.3 Å². The second-order valence-corrected chi connectivity index (χ2v) is 6.70. The van der Waals surface area contributed by atoms with E-state index in [1.165, 1.54) is 6.26 Å². The molecule has 1 aromatic heterocycles. The fraction of sp³-hybridized carbons (Fsp3) is 0.308. The number of nitrogens with zero attached hydrogens (tertiary/aromatic N) is 2. The summed E-state index contributed by atoms with van der Waals surface area (Å²) in [5.74, 6) is 0.153. The third-order valence-electron chi connectivity index (χ3n) is 2.64. The first-order chi connectivity index (χ1) is 9.04. The monoisotopic (exact) mass is 279 g/mol. The van der Waals surface area contributed by atoms with Crippen molar-refractivity contribution in [1.82, 2.24) is 15.1 Å². The normalized spacial score (nSPS) is 11.6. The molecule has 0 bridgehead atoms. The molecule has 0 aliphatic rings. The fourth-order valence-corrected chi connectivity index (χ4v) is 2.18. The van der Waals surface area contributed by atoms with E-state index >= 15 is 0 Å². The quantitative estimate of drug-likeness (QED) is 0.801. The summed E-state index contributed by atoms with van der Waals surface area (Å²) < 4.78 is 23.7. The van der Waals surface area contributed by atoms with Crippen molar-refractivity contribution in [2.24, 2.45) is 0 Å². The molecule has 19 heavy (non-hydrogen) atoms.